The molecule has 14 heavy (non-hydrogen) atoms. The average molecular weight is 226 g/mol. The van der Waals surface area contributed by atoms with Gasteiger partial charge in [0.15, 0.2) is 0 Å². The molecule has 72 valence electrons. The molecular weight excluding hydrogens is 219 g/mol. The molecule has 1 aromatic carbocycles. The van der Waals surface area contributed by atoms with E-state index in [4.69, 9.17) is 10.0 Å². The van der Waals surface area contributed by atoms with Crippen molar-refractivity contribution < 1.29 is 15.2 Å². The minimum atomic E-state index is -1.47. The number of phenolic OH excluding ortho intramolecular Hbond substituents is 1. The van der Waals surface area contributed by atoms with Crippen LogP contribution in [0.2, 0.25) is 0 Å². The largest absolute Gasteiger partial charge is 0.508 e. The molecule has 0 bridgehead atoms. The fourth-order valence-electron chi connectivity index (χ4n) is 1.25. The van der Waals surface area contributed by atoms with Crippen LogP contribution < -0.4 is 4.78 Å². The van der Waals surface area contributed by atoms with Crippen LogP contribution in [-0.4, -0.2) is 22.3 Å². The number of hydrogen-bond donors (Lipinski definition) is 4. The molecule has 2 aromatic rings. The van der Waals surface area contributed by atoms with Gasteiger partial charge in [0.1, 0.15) is 5.75 Å². The van der Waals surface area contributed by atoms with Gasteiger partial charge in [0.2, 0.25) is 0 Å². The molecule has 0 aliphatic rings. The Morgan fingerprint density at radius 3 is 2.57 bits per heavy atom. The van der Waals surface area contributed by atoms with Gasteiger partial charge in [-0.1, -0.05) is 0 Å². The summed E-state index contributed by atoms with van der Waals surface area (Å²) in [6.07, 6.45) is 0. The lowest BCUT2D eigenvalue weighted by Crippen LogP contribution is -2.26. The van der Waals surface area contributed by atoms with E-state index in [-0.39, 0.29) is 5.75 Å². The molecule has 0 unspecified atom stereocenters. The number of benzene rings is 1. The summed E-state index contributed by atoms with van der Waals surface area (Å²) < 4.78 is 1.24. The van der Waals surface area contributed by atoms with E-state index in [0.717, 1.165) is 10.1 Å². The van der Waals surface area contributed by atoms with Gasteiger partial charge in [-0.15, -0.1) is 24.0 Å². The van der Waals surface area contributed by atoms with Crippen molar-refractivity contribution in [3.63, 3.8) is 0 Å². The summed E-state index contributed by atoms with van der Waals surface area (Å²) in [5.74, 6) is 0.128. The Bertz CT molecular complexity index is 481. The van der Waals surface area contributed by atoms with Crippen molar-refractivity contribution in [3.05, 3.63) is 18.2 Å². The molecule has 0 saturated carbocycles. The van der Waals surface area contributed by atoms with Crippen LogP contribution >= 0.6 is 24.0 Å². The Balaban J connectivity index is 2.70. The van der Waals surface area contributed by atoms with Gasteiger partial charge >= 0.3 is 7.12 Å². The van der Waals surface area contributed by atoms with Crippen molar-refractivity contribution in [2.75, 3.05) is 0 Å². The van der Waals surface area contributed by atoms with Crippen LogP contribution in [0.4, 0.5) is 0 Å². The molecule has 2 rings (SSSR count). The second-order valence-corrected chi connectivity index (χ2v) is 4.50. The van der Waals surface area contributed by atoms with Crippen molar-refractivity contribution in [3.8, 4) is 5.75 Å². The van der Waals surface area contributed by atoms with Gasteiger partial charge in [-0.25, -0.2) is 0 Å². The molecule has 0 aliphatic heterocycles. The highest BCUT2D eigenvalue weighted by atomic mass is 32.1. The topological polar surface area (TPSA) is 60.7 Å². The van der Waals surface area contributed by atoms with Crippen LogP contribution in [-0.2, 0) is 0 Å². The Hall–Kier alpha value is -0.685. The van der Waals surface area contributed by atoms with Crippen LogP contribution in [0.25, 0.3) is 10.1 Å². The quantitative estimate of drug-likeness (QED) is 0.425. The summed E-state index contributed by atoms with van der Waals surface area (Å²) in [5.41, 5.74) is 0. The molecule has 6 heteroatoms. The first-order valence-electron chi connectivity index (χ1n) is 3.89. The van der Waals surface area contributed by atoms with Crippen LogP contribution in [0.3, 0.4) is 0 Å². The summed E-state index contributed by atoms with van der Waals surface area (Å²) in [4.78, 5) is 0.628. The second kappa shape index (κ2) is 3.47. The Labute approximate surface area is 90.2 Å². The first kappa shape index (κ1) is 9.85. The highest BCUT2D eigenvalue weighted by Gasteiger charge is 2.15. The summed E-state index contributed by atoms with van der Waals surface area (Å²) in [5, 5.41) is 28.0. The van der Waals surface area contributed by atoms with Crippen LogP contribution in [0.15, 0.2) is 23.1 Å². The number of rotatable bonds is 1. The van der Waals surface area contributed by atoms with E-state index in [1.165, 1.54) is 17.4 Å². The van der Waals surface area contributed by atoms with Gasteiger partial charge < -0.3 is 15.2 Å². The molecule has 0 aliphatic carbocycles. The maximum absolute atomic E-state index is 9.29. The third kappa shape index (κ3) is 1.61. The average Bonchev–Trinajstić information content (AvgIpc) is 2.47. The minimum Gasteiger partial charge on any atom is -0.508 e. The molecule has 0 spiro atoms. The zero-order valence-corrected chi connectivity index (χ0v) is 8.72. The second-order valence-electron chi connectivity index (χ2n) is 2.90. The number of thiol groups is 1. The molecule has 3 nitrogen and oxygen atoms in total. The first-order chi connectivity index (χ1) is 6.58. The molecule has 0 atom stereocenters. The lowest BCUT2D eigenvalue weighted by atomic mass is 9.89. The summed E-state index contributed by atoms with van der Waals surface area (Å²) in [6, 6.07) is 4.75. The van der Waals surface area contributed by atoms with E-state index in [0.29, 0.717) is 9.67 Å². The van der Waals surface area contributed by atoms with E-state index < -0.39 is 7.12 Å². The van der Waals surface area contributed by atoms with Gasteiger partial charge in [-0.2, -0.15) is 0 Å². The summed E-state index contributed by atoms with van der Waals surface area (Å²) >= 11 is 5.41. The maximum atomic E-state index is 9.29. The molecule has 3 N–H and O–H groups in total. The van der Waals surface area contributed by atoms with Gasteiger partial charge in [0.25, 0.3) is 0 Å². The van der Waals surface area contributed by atoms with E-state index >= 15 is 0 Å². The molecule has 0 saturated heterocycles. The molecule has 1 aromatic heterocycles. The number of hydrogen-bond acceptors (Lipinski definition) is 5. The Morgan fingerprint density at radius 1 is 1.21 bits per heavy atom. The van der Waals surface area contributed by atoms with E-state index in [1.54, 1.807) is 12.1 Å². The molecule has 0 radical (unpaired) electrons. The minimum absolute atomic E-state index is 0.128. The summed E-state index contributed by atoms with van der Waals surface area (Å²) in [7, 11) is -1.47. The number of phenols is 1. The summed E-state index contributed by atoms with van der Waals surface area (Å²) in [6.45, 7) is 0. The third-order valence-electron chi connectivity index (χ3n) is 1.87. The molecular formula is C8H7BO3S2. The van der Waals surface area contributed by atoms with Crippen molar-refractivity contribution in [2.45, 2.75) is 4.90 Å². The smallest absolute Gasteiger partial charge is 0.499 e. The monoisotopic (exact) mass is 226 g/mol. The van der Waals surface area contributed by atoms with Gasteiger partial charge in [0.05, 0.1) is 0 Å². The highest BCUT2D eigenvalue weighted by molar-refractivity contribution is 7.80. The van der Waals surface area contributed by atoms with Gasteiger partial charge in [-0.05, 0) is 18.2 Å². The lowest BCUT2D eigenvalue weighted by molar-refractivity contribution is 0.427. The third-order valence-corrected chi connectivity index (χ3v) is 3.37. The van der Waals surface area contributed by atoms with E-state index in [9.17, 15) is 5.11 Å². The van der Waals surface area contributed by atoms with Crippen molar-refractivity contribution in [1.82, 2.24) is 0 Å². The number of aromatic hydroxyl groups is 1. The predicted molar refractivity (Wildman–Crippen MR) is 60.6 cm³/mol. The number of thiophene rings is 1. The normalized spacial score (nSPS) is 10.8. The zero-order chi connectivity index (χ0) is 10.3. The predicted octanol–water partition coefficient (Wildman–Crippen LogP) is 0.575. The maximum Gasteiger partial charge on any atom is 0.499 e. The van der Waals surface area contributed by atoms with Gasteiger partial charge in [-0.3, -0.25) is 0 Å². The molecule has 1 heterocycles. The fraction of sp³-hybridized carbons (Fsp3) is 0. The van der Waals surface area contributed by atoms with Crippen LogP contribution in [0, 0.1) is 0 Å². The van der Waals surface area contributed by atoms with Crippen molar-refractivity contribution in [1.29, 1.82) is 0 Å². The zero-order valence-electron chi connectivity index (χ0n) is 7.01. The van der Waals surface area contributed by atoms with Crippen molar-refractivity contribution >= 4 is 45.9 Å². The van der Waals surface area contributed by atoms with E-state index in [2.05, 4.69) is 12.6 Å². The van der Waals surface area contributed by atoms with E-state index in [1.807, 2.05) is 0 Å². The lowest BCUT2D eigenvalue weighted by Gasteiger charge is -1.95. The van der Waals surface area contributed by atoms with Crippen LogP contribution in [0.5, 0.6) is 5.75 Å². The van der Waals surface area contributed by atoms with Crippen LogP contribution in [0.1, 0.15) is 0 Å². The number of fused-ring (bicyclic) bond motifs is 1. The fourth-order valence-corrected chi connectivity index (χ4v) is 2.64. The van der Waals surface area contributed by atoms with Crippen molar-refractivity contribution in [2.24, 2.45) is 0 Å². The molecule has 0 fully saturated rings. The first-order valence-corrected chi connectivity index (χ1v) is 5.16. The molecule has 0 amide bonds. The highest BCUT2D eigenvalue weighted by Crippen LogP contribution is 2.30. The Morgan fingerprint density at radius 2 is 1.93 bits per heavy atom. The Kier molecular flexibility index (Phi) is 2.44. The SMILES string of the molecule is OB(O)c1cc2c(S)cc(O)cc2s1. The van der Waals surface area contributed by atoms with Gasteiger partial charge in [0, 0.05) is 19.8 Å². The standard InChI is InChI=1S/C8H7BO3S2/c10-4-1-6(13)5-3-8(9(11)12)14-7(5)2-4/h1-3,10-13H.